The fourth-order valence-electron chi connectivity index (χ4n) is 3.13. The second-order valence-corrected chi connectivity index (χ2v) is 8.06. The number of benzene rings is 2. The number of nitrogens with zero attached hydrogens (tertiary/aromatic N) is 2. The first kappa shape index (κ1) is 19.4. The molecule has 3 rings (SSSR count). The standard InChI is InChI=1S/C22H28FN3O/c1-22(2,3)24-16-17-4-6-18(7-5-17)21(27)26-14-12-25(13-15-26)20-10-8-19(23)9-11-20/h4-11,24H,12-16H2,1-3H3. The van der Waals surface area contributed by atoms with Crippen LogP contribution >= 0.6 is 0 Å². The van der Waals surface area contributed by atoms with Gasteiger partial charge < -0.3 is 15.1 Å². The molecule has 4 nitrogen and oxygen atoms in total. The minimum atomic E-state index is -0.228. The maximum absolute atomic E-state index is 13.1. The lowest BCUT2D eigenvalue weighted by Gasteiger charge is -2.36. The van der Waals surface area contributed by atoms with Crippen LogP contribution in [0.15, 0.2) is 48.5 Å². The monoisotopic (exact) mass is 369 g/mol. The molecule has 2 aromatic carbocycles. The van der Waals surface area contributed by atoms with Crippen molar-refractivity contribution in [2.24, 2.45) is 0 Å². The minimum absolute atomic E-state index is 0.0681. The Kier molecular flexibility index (Phi) is 5.80. The molecule has 144 valence electrons. The molecule has 1 saturated heterocycles. The van der Waals surface area contributed by atoms with E-state index in [0.29, 0.717) is 13.1 Å². The van der Waals surface area contributed by atoms with Crippen LogP contribution in [0.25, 0.3) is 0 Å². The normalized spacial score (nSPS) is 15.1. The zero-order valence-corrected chi connectivity index (χ0v) is 16.3. The molecule has 27 heavy (non-hydrogen) atoms. The molecule has 2 aromatic rings. The molecule has 0 bridgehead atoms. The third kappa shape index (κ3) is 5.30. The molecular weight excluding hydrogens is 341 g/mol. The van der Waals surface area contributed by atoms with Crippen molar-refractivity contribution in [2.75, 3.05) is 31.1 Å². The van der Waals surface area contributed by atoms with E-state index < -0.39 is 0 Å². The van der Waals surface area contributed by atoms with E-state index in [4.69, 9.17) is 0 Å². The van der Waals surface area contributed by atoms with Crippen LogP contribution in [0, 0.1) is 5.82 Å². The molecule has 1 aliphatic heterocycles. The van der Waals surface area contributed by atoms with Crippen molar-refractivity contribution >= 4 is 11.6 Å². The predicted octanol–water partition coefficient (Wildman–Crippen LogP) is 3.68. The second-order valence-electron chi connectivity index (χ2n) is 8.06. The molecule has 5 heteroatoms. The number of carbonyl (C=O) groups excluding carboxylic acids is 1. The van der Waals surface area contributed by atoms with Gasteiger partial charge in [-0.25, -0.2) is 4.39 Å². The molecule has 1 N–H and O–H groups in total. The maximum atomic E-state index is 13.1. The van der Waals surface area contributed by atoms with Gasteiger partial charge in [-0.05, 0) is 62.7 Å². The molecule has 0 saturated carbocycles. The van der Waals surface area contributed by atoms with Crippen molar-refractivity contribution < 1.29 is 9.18 Å². The third-order valence-electron chi connectivity index (χ3n) is 4.78. The van der Waals surface area contributed by atoms with Crippen LogP contribution in [0.1, 0.15) is 36.7 Å². The fraction of sp³-hybridized carbons (Fsp3) is 0.409. The van der Waals surface area contributed by atoms with Crippen molar-refractivity contribution in [3.63, 3.8) is 0 Å². The molecule has 0 atom stereocenters. The summed E-state index contributed by atoms with van der Waals surface area (Å²) in [4.78, 5) is 16.8. The van der Waals surface area contributed by atoms with Crippen molar-refractivity contribution in [2.45, 2.75) is 32.9 Å². The molecule has 1 aliphatic rings. The number of anilines is 1. The zero-order chi connectivity index (χ0) is 19.4. The van der Waals surface area contributed by atoms with Crippen molar-refractivity contribution in [3.8, 4) is 0 Å². The molecule has 0 spiro atoms. The van der Waals surface area contributed by atoms with Crippen molar-refractivity contribution in [3.05, 3.63) is 65.5 Å². The molecule has 1 heterocycles. The zero-order valence-electron chi connectivity index (χ0n) is 16.3. The number of carbonyl (C=O) groups is 1. The Labute approximate surface area is 161 Å². The summed E-state index contributed by atoms with van der Waals surface area (Å²) >= 11 is 0. The summed E-state index contributed by atoms with van der Waals surface area (Å²) in [5, 5.41) is 3.45. The largest absolute Gasteiger partial charge is 0.368 e. The highest BCUT2D eigenvalue weighted by Crippen LogP contribution is 2.18. The average Bonchev–Trinajstić information content (AvgIpc) is 2.66. The number of rotatable bonds is 4. The first-order chi connectivity index (χ1) is 12.8. The molecule has 0 radical (unpaired) electrons. The Morgan fingerprint density at radius 1 is 0.963 bits per heavy atom. The van der Waals surface area contributed by atoms with E-state index in [9.17, 15) is 9.18 Å². The Morgan fingerprint density at radius 2 is 1.56 bits per heavy atom. The lowest BCUT2D eigenvalue weighted by molar-refractivity contribution is 0.0747. The Balaban J connectivity index is 1.55. The van der Waals surface area contributed by atoms with Gasteiger partial charge in [0.2, 0.25) is 0 Å². The molecule has 0 aromatic heterocycles. The van der Waals surface area contributed by atoms with E-state index in [1.807, 2.05) is 29.2 Å². The van der Waals surface area contributed by atoms with E-state index in [2.05, 4.69) is 31.0 Å². The van der Waals surface area contributed by atoms with Crippen LogP contribution < -0.4 is 10.2 Å². The Morgan fingerprint density at radius 3 is 2.11 bits per heavy atom. The highest BCUT2D eigenvalue weighted by molar-refractivity contribution is 5.94. The van der Waals surface area contributed by atoms with Crippen LogP contribution in [0.4, 0.5) is 10.1 Å². The minimum Gasteiger partial charge on any atom is -0.368 e. The summed E-state index contributed by atoms with van der Waals surface area (Å²) in [5.74, 6) is -0.155. The predicted molar refractivity (Wildman–Crippen MR) is 108 cm³/mol. The molecule has 0 unspecified atom stereocenters. The summed E-state index contributed by atoms with van der Waals surface area (Å²) in [7, 11) is 0. The summed E-state index contributed by atoms with van der Waals surface area (Å²) in [6.07, 6.45) is 0. The third-order valence-corrected chi connectivity index (χ3v) is 4.78. The quantitative estimate of drug-likeness (QED) is 0.893. The van der Waals surface area contributed by atoms with Gasteiger partial charge in [0.15, 0.2) is 0 Å². The number of hydrogen-bond acceptors (Lipinski definition) is 3. The number of hydrogen-bond donors (Lipinski definition) is 1. The van der Waals surface area contributed by atoms with E-state index in [0.717, 1.165) is 30.9 Å². The van der Waals surface area contributed by atoms with Gasteiger partial charge >= 0.3 is 0 Å². The van der Waals surface area contributed by atoms with E-state index in [1.165, 1.54) is 17.7 Å². The van der Waals surface area contributed by atoms with Gasteiger partial charge in [0.1, 0.15) is 5.82 Å². The average molecular weight is 369 g/mol. The maximum Gasteiger partial charge on any atom is 0.253 e. The van der Waals surface area contributed by atoms with Gasteiger partial charge in [-0.1, -0.05) is 12.1 Å². The number of halogens is 1. The van der Waals surface area contributed by atoms with Gasteiger partial charge in [0.05, 0.1) is 0 Å². The number of amides is 1. The summed E-state index contributed by atoms with van der Waals surface area (Å²) < 4.78 is 13.1. The fourth-order valence-corrected chi connectivity index (χ4v) is 3.13. The van der Waals surface area contributed by atoms with E-state index in [1.54, 1.807) is 12.1 Å². The topological polar surface area (TPSA) is 35.6 Å². The molecule has 0 aliphatic carbocycles. The molecule has 1 fully saturated rings. The summed E-state index contributed by atoms with van der Waals surface area (Å²) in [5.41, 5.74) is 2.96. The molecular formula is C22H28FN3O. The van der Waals surface area contributed by atoms with Gasteiger partial charge in [-0.3, -0.25) is 4.79 Å². The van der Waals surface area contributed by atoms with Gasteiger partial charge in [0.25, 0.3) is 5.91 Å². The van der Waals surface area contributed by atoms with E-state index in [-0.39, 0.29) is 17.3 Å². The highest BCUT2D eigenvalue weighted by Gasteiger charge is 2.22. The summed E-state index contributed by atoms with van der Waals surface area (Å²) in [6, 6.07) is 14.4. The van der Waals surface area contributed by atoms with Gasteiger partial charge in [-0.2, -0.15) is 0 Å². The van der Waals surface area contributed by atoms with Crippen molar-refractivity contribution in [1.82, 2.24) is 10.2 Å². The SMILES string of the molecule is CC(C)(C)NCc1ccc(C(=O)N2CCN(c3ccc(F)cc3)CC2)cc1. The highest BCUT2D eigenvalue weighted by atomic mass is 19.1. The lowest BCUT2D eigenvalue weighted by Crippen LogP contribution is -2.48. The lowest BCUT2D eigenvalue weighted by atomic mass is 10.1. The Hall–Kier alpha value is -2.40. The van der Waals surface area contributed by atoms with Crippen LogP contribution in [0.3, 0.4) is 0 Å². The van der Waals surface area contributed by atoms with Gasteiger partial charge in [-0.15, -0.1) is 0 Å². The Bertz CT molecular complexity index is 758. The van der Waals surface area contributed by atoms with Crippen molar-refractivity contribution in [1.29, 1.82) is 0 Å². The first-order valence-electron chi connectivity index (χ1n) is 9.46. The van der Waals surface area contributed by atoms with Gasteiger partial charge in [0, 0.05) is 49.5 Å². The number of nitrogens with one attached hydrogen (secondary N) is 1. The van der Waals surface area contributed by atoms with Crippen LogP contribution in [0.2, 0.25) is 0 Å². The number of piperazine rings is 1. The molecule has 1 amide bonds. The van der Waals surface area contributed by atoms with E-state index >= 15 is 0 Å². The van der Waals surface area contributed by atoms with Crippen LogP contribution in [-0.4, -0.2) is 42.5 Å². The van der Waals surface area contributed by atoms with Crippen LogP contribution in [-0.2, 0) is 6.54 Å². The second kappa shape index (κ2) is 8.09. The summed E-state index contributed by atoms with van der Waals surface area (Å²) in [6.45, 7) is 10.0. The van der Waals surface area contributed by atoms with Crippen LogP contribution in [0.5, 0.6) is 0 Å². The first-order valence-corrected chi connectivity index (χ1v) is 9.46. The smallest absolute Gasteiger partial charge is 0.253 e.